The predicted molar refractivity (Wildman–Crippen MR) is 114 cm³/mol. The SMILES string of the molecule is [C]1=C(CC2CC2)C(c2nc(N3CCNCC3)c3c(C4CC4)cncc3n2)=CCN1. The normalized spacial score (nSPS) is 22.3. The van der Waals surface area contributed by atoms with E-state index >= 15 is 0 Å². The number of piperazine rings is 1. The first-order chi connectivity index (χ1) is 14.4. The van der Waals surface area contributed by atoms with Gasteiger partial charge in [-0.1, -0.05) is 6.08 Å². The van der Waals surface area contributed by atoms with Gasteiger partial charge in [0.25, 0.3) is 0 Å². The molecule has 0 amide bonds. The lowest BCUT2D eigenvalue weighted by molar-refractivity contribution is 0.585. The molecular formula is C23H27N6. The number of rotatable bonds is 5. The van der Waals surface area contributed by atoms with Crippen LogP contribution in [0.4, 0.5) is 5.82 Å². The largest absolute Gasteiger partial charge is 0.380 e. The van der Waals surface area contributed by atoms with Crippen molar-refractivity contribution in [2.24, 2.45) is 5.92 Å². The first kappa shape index (κ1) is 17.4. The average molecular weight is 388 g/mol. The van der Waals surface area contributed by atoms with E-state index in [4.69, 9.17) is 9.97 Å². The zero-order valence-electron chi connectivity index (χ0n) is 16.7. The molecule has 2 N–H and O–H groups in total. The second-order valence-electron chi connectivity index (χ2n) is 8.75. The smallest absolute Gasteiger partial charge is 0.162 e. The second kappa shape index (κ2) is 7.10. The van der Waals surface area contributed by atoms with Gasteiger partial charge in [-0.2, -0.15) is 0 Å². The van der Waals surface area contributed by atoms with Crippen LogP contribution in [0.1, 0.15) is 49.4 Å². The Morgan fingerprint density at radius 2 is 1.93 bits per heavy atom. The van der Waals surface area contributed by atoms with Crippen LogP contribution in [0, 0.1) is 12.1 Å². The maximum Gasteiger partial charge on any atom is 0.162 e. The molecule has 6 heteroatoms. The highest BCUT2D eigenvalue weighted by atomic mass is 15.2. The first-order valence-corrected chi connectivity index (χ1v) is 11.0. The maximum atomic E-state index is 5.20. The molecule has 2 aromatic heterocycles. The van der Waals surface area contributed by atoms with Crippen molar-refractivity contribution in [2.75, 3.05) is 37.6 Å². The van der Waals surface area contributed by atoms with E-state index in [9.17, 15) is 0 Å². The molecule has 0 aromatic carbocycles. The van der Waals surface area contributed by atoms with E-state index < -0.39 is 0 Å². The lowest BCUT2D eigenvalue weighted by atomic mass is 9.98. The Hall–Kier alpha value is -2.47. The van der Waals surface area contributed by atoms with Gasteiger partial charge in [-0.25, -0.2) is 9.97 Å². The number of dihydropyridines is 1. The highest BCUT2D eigenvalue weighted by molar-refractivity contribution is 5.94. The third-order valence-electron chi connectivity index (χ3n) is 6.45. The van der Waals surface area contributed by atoms with Crippen LogP contribution in [-0.2, 0) is 0 Å². The van der Waals surface area contributed by atoms with Crippen molar-refractivity contribution in [1.29, 1.82) is 0 Å². The van der Waals surface area contributed by atoms with Crippen LogP contribution in [0.15, 0.2) is 24.0 Å². The summed E-state index contributed by atoms with van der Waals surface area (Å²) in [6.45, 7) is 4.75. The zero-order valence-corrected chi connectivity index (χ0v) is 16.7. The Morgan fingerprint density at radius 3 is 2.72 bits per heavy atom. The van der Waals surface area contributed by atoms with E-state index in [2.05, 4.69) is 32.8 Å². The number of aromatic nitrogens is 3. The number of fused-ring (bicyclic) bond motifs is 1. The van der Waals surface area contributed by atoms with Crippen LogP contribution in [0.5, 0.6) is 0 Å². The third-order valence-corrected chi connectivity index (χ3v) is 6.45. The summed E-state index contributed by atoms with van der Waals surface area (Å²) >= 11 is 0. The molecule has 3 fully saturated rings. The van der Waals surface area contributed by atoms with E-state index in [1.54, 1.807) is 0 Å². The lowest BCUT2D eigenvalue weighted by Gasteiger charge is -2.30. The van der Waals surface area contributed by atoms with Gasteiger partial charge in [-0.15, -0.1) is 0 Å². The van der Waals surface area contributed by atoms with Crippen LogP contribution in [0.25, 0.3) is 16.5 Å². The quantitative estimate of drug-likeness (QED) is 0.822. The number of nitrogens with zero attached hydrogens (tertiary/aromatic N) is 4. The molecule has 1 radical (unpaired) electrons. The van der Waals surface area contributed by atoms with Gasteiger partial charge < -0.3 is 15.5 Å². The predicted octanol–water partition coefficient (Wildman–Crippen LogP) is 2.79. The van der Waals surface area contributed by atoms with Crippen molar-refractivity contribution in [3.63, 3.8) is 0 Å². The summed E-state index contributed by atoms with van der Waals surface area (Å²) in [4.78, 5) is 17.2. The molecule has 1 saturated heterocycles. The summed E-state index contributed by atoms with van der Waals surface area (Å²) in [6.07, 6.45) is 15.8. The van der Waals surface area contributed by atoms with Gasteiger partial charge in [-0.3, -0.25) is 4.98 Å². The van der Waals surface area contributed by atoms with Gasteiger partial charge in [0.15, 0.2) is 5.82 Å². The molecular weight excluding hydrogens is 360 g/mol. The number of allylic oxidation sites excluding steroid dienone is 2. The minimum atomic E-state index is 0.624. The molecule has 6 nitrogen and oxygen atoms in total. The number of hydrogen-bond acceptors (Lipinski definition) is 6. The molecule has 6 rings (SSSR count). The van der Waals surface area contributed by atoms with Crippen molar-refractivity contribution in [3.05, 3.63) is 41.6 Å². The topological polar surface area (TPSA) is 66.0 Å². The number of hydrogen-bond donors (Lipinski definition) is 2. The minimum Gasteiger partial charge on any atom is -0.380 e. The van der Waals surface area contributed by atoms with Crippen LogP contribution in [-0.4, -0.2) is 47.7 Å². The maximum absolute atomic E-state index is 5.20. The van der Waals surface area contributed by atoms with Gasteiger partial charge in [0.1, 0.15) is 5.82 Å². The van der Waals surface area contributed by atoms with Crippen molar-refractivity contribution in [3.8, 4) is 0 Å². The molecule has 2 aromatic rings. The Kier molecular flexibility index (Phi) is 4.26. The van der Waals surface area contributed by atoms with Crippen LogP contribution >= 0.6 is 0 Å². The fourth-order valence-corrected chi connectivity index (χ4v) is 4.52. The minimum absolute atomic E-state index is 0.624. The van der Waals surface area contributed by atoms with Crippen molar-refractivity contribution in [2.45, 2.75) is 38.0 Å². The van der Waals surface area contributed by atoms with Gasteiger partial charge in [0.2, 0.25) is 0 Å². The van der Waals surface area contributed by atoms with E-state index in [0.717, 1.165) is 67.8 Å². The summed E-state index contributed by atoms with van der Waals surface area (Å²) in [5.41, 5.74) is 4.71. The lowest BCUT2D eigenvalue weighted by Crippen LogP contribution is -2.44. The van der Waals surface area contributed by atoms with Gasteiger partial charge in [0, 0.05) is 49.9 Å². The average Bonchev–Trinajstić information content (AvgIpc) is 3.68. The molecule has 4 heterocycles. The van der Waals surface area contributed by atoms with Crippen molar-refractivity contribution < 1.29 is 0 Å². The fourth-order valence-electron chi connectivity index (χ4n) is 4.52. The van der Waals surface area contributed by atoms with Crippen LogP contribution in [0.3, 0.4) is 0 Å². The summed E-state index contributed by atoms with van der Waals surface area (Å²) in [7, 11) is 0. The first-order valence-electron chi connectivity index (χ1n) is 11.0. The molecule has 149 valence electrons. The Balaban J connectivity index is 1.49. The molecule has 2 aliphatic heterocycles. The molecule has 2 aliphatic carbocycles. The third kappa shape index (κ3) is 3.39. The Labute approximate surface area is 171 Å². The number of nitrogens with one attached hydrogen (secondary N) is 2. The molecule has 2 saturated carbocycles. The monoisotopic (exact) mass is 387 g/mol. The molecule has 29 heavy (non-hydrogen) atoms. The zero-order chi connectivity index (χ0) is 19.2. The van der Waals surface area contributed by atoms with E-state index in [0.29, 0.717) is 5.92 Å². The fraction of sp³-hybridized carbons (Fsp3) is 0.522. The van der Waals surface area contributed by atoms with E-state index in [1.165, 1.54) is 42.2 Å². The number of anilines is 1. The van der Waals surface area contributed by atoms with Gasteiger partial charge in [-0.05, 0) is 55.1 Å². The highest BCUT2D eigenvalue weighted by Gasteiger charge is 2.30. The van der Waals surface area contributed by atoms with Gasteiger partial charge in [0.05, 0.1) is 17.9 Å². The molecule has 0 unspecified atom stereocenters. The summed E-state index contributed by atoms with van der Waals surface area (Å²) in [5, 5.41) is 7.95. The summed E-state index contributed by atoms with van der Waals surface area (Å²) in [5.74, 6) is 3.36. The van der Waals surface area contributed by atoms with E-state index in [1.807, 2.05) is 12.4 Å². The Morgan fingerprint density at radius 1 is 1.07 bits per heavy atom. The standard InChI is InChI=1S/C23H27N6/c1-2-15(1)11-17-12-25-6-5-18(17)22-27-20-14-26-13-19(16-3-4-16)21(20)23(28-22)29-9-7-24-8-10-29/h5,13-16,24-25H,1-4,6-11H2. The highest BCUT2D eigenvalue weighted by Crippen LogP contribution is 2.45. The van der Waals surface area contributed by atoms with Crippen LogP contribution in [0.2, 0.25) is 0 Å². The second-order valence-corrected chi connectivity index (χ2v) is 8.75. The molecule has 0 bridgehead atoms. The number of pyridine rings is 1. The van der Waals surface area contributed by atoms with Gasteiger partial charge >= 0.3 is 0 Å². The van der Waals surface area contributed by atoms with Crippen molar-refractivity contribution in [1.82, 2.24) is 25.6 Å². The van der Waals surface area contributed by atoms with Crippen molar-refractivity contribution >= 4 is 22.3 Å². The Bertz CT molecular complexity index is 996. The van der Waals surface area contributed by atoms with Crippen LogP contribution < -0.4 is 15.5 Å². The molecule has 4 aliphatic rings. The molecule has 0 atom stereocenters. The summed E-state index contributed by atoms with van der Waals surface area (Å²) in [6, 6.07) is 0. The molecule has 0 spiro atoms. The summed E-state index contributed by atoms with van der Waals surface area (Å²) < 4.78 is 0. The van der Waals surface area contributed by atoms with E-state index in [-0.39, 0.29) is 0 Å².